The zero-order valence-electron chi connectivity index (χ0n) is 14.0. The quantitative estimate of drug-likeness (QED) is 0.813. The fourth-order valence-corrected chi connectivity index (χ4v) is 3.49. The molecule has 0 amide bonds. The summed E-state index contributed by atoms with van der Waals surface area (Å²) in [5.74, 6) is 0. The number of benzene rings is 2. The Bertz CT molecular complexity index is 606. The number of β-amino-alcohol motifs (C(OH)–C–C–N with tert-alkyl or cyclic N) is 1. The fraction of sp³-hybridized carbons (Fsp3) is 0.400. The standard InChI is InChI=1S/C20H26N2O2/c23-12-11-22(14-18-9-5-2-6-10-18)19-15-21(16-20(19)24)13-17-7-3-1-4-8-17/h1-10,19-20,23-24H,11-16H2. The second-order valence-corrected chi connectivity index (χ2v) is 6.49. The van der Waals surface area contributed by atoms with Gasteiger partial charge in [0.2, 0.25) is 0 Å². The lowest BCUT2D eigenvalue weighted by molar-refractivity contribution is 0.0655. The number of hydrogen-bond acceptors (Lipinski definition) is 4. The summed E-state index contributed by atoms with van der Waals surface area (Å²) >= 11 is 0. The number of likely N-dealkylation sites (tertiary alicyclic amines) is 1. The van der Waals surface area contributed by atoms with Crippen LogP contribution in [0.3, 0.4) is 0 Å². The van der Waals surface area contributed by atoms with Crippen molar-refractivity contribution in [2.24, 2.45) is 0 Å². The first kappa shape index (κ1) is 17.1. The molecule has 1 aliphatic rings. The summed E-state index contributed by atoms with van der Waals surface area (Å²) in [5.41, 5.74) is 2.47. The van der Waals surface area contributed by atoms with Crippen LogP contribution < -0.4 is 0 Å². The van der Waals surface area contributed by atoms with Crippen LogP contribution in [-0.4, -0.2) is 58.4 Å². The van der Waals surface area contributed by atoms with E-state index >= 15 is 0 Å². The van der Waals surface area contributed by atoms with Crippen molar-refractivity contribution >= 4 is 0 Å². The summed E-state index contributed by atoms with van der Waals surface area (Å²) in [6, 6.07) is 20.7. The number of hydrogen-bond donors (Lipinski definition) is 2. The fourth-order valence-electron chi connectivity index (χ4n) is 3.49. The van der Waals surface area contributed by atoms with Crippen LogP contribution in [0.2, 0.25) is 0 Å². The number of aliphatic hydroxyl groups excluding tert-OH is 2. The highest BCUT2D eigenvalue weighted by atomic mass is 16.3. The number of rotatable bonds is 7. The Morgan fingerprint density at radius 3 is 2.17 bits per heavy atom. The Labute approximate surface area is 144 Å². The van der Waals surface area contributed by atoms with Gasteiger partial charge in [-0.3, -0.25) is 9.80 Å². The lowest BCUT2D eigenvalue weighted by atomic mass is 10.1. The Kier molecular flexibility index (Phi) is 5.99. The van der Waals surface area contributed by atoms with Crippen molar-refractivity contribution in [3.63, 3.8) is 0 Å². The molecule has 1 fully saturated rings. The van der Waals surface area contributed by atoms with Gasteiger partial charge in [-0.05, 0) is 11.1 Å². The number of nitrogens with zero attached hydrogens (tertiary/aromatic N) is 2. The summed E-state index contributed by atoms with van der Waals surface area (Å²) in [4.78, 5) is 4.49. The summed E-state index contributed by atoms with van der Waals surface area (Å²) in [5, 5.41) is 20.0. The molecule has 2 atom stereocenters. The second-order valence-electron chi connectivity index (χ2n) is 6.49. The topological polar surface area (TPSA) is 46.9 Å². The first-order valence-corrected chi connectivity index (χ1v) is 8.59. The van der Waals surface area contributed by atoms with E-state index in [1.807, 2.05) is 36.4 Å². The maximum Gasteiger partial charge on any atom is 0.0834 e. The van der Waals surface area contributed by atoms with Gasteiger partial charge in [-0.1, -0.05) is 60.7 Å². The molecule has 2 aromatic carbocycles. The van der Waals surface area contributed by atoms with Gasteiger partial charge in [0.25, 0.3) is 0 Å². The minimum Gasteiger partial charge on any atom is -0.395 e. The molecule has 0 radical (unpaired) electrons. The van der Waals surface area contributed by atoms with E-state index in [1.54, 1.807) is 0 Å². The van der Waals surface area contributed by atoms with Gasteiger partial charge in [0.1, 0.15) is 0 Å². The molecule has 1 aliphatic heterocycles. The highest BCUT2D eigenvalue weighted by Crippen LogP contribution is 2.20. The molecular weight excluding hydrogens is 300 g/mol. The van der Waals surface area contributed by atoms with Crippen LogP contribution in [0.4, 0.5) is 0 Å². The summed E-state index contributed by atoms with van der Waals surface area (Å²) in [7, 11) is 0. The molecule has 4 heteroatoms. The highest BCUT2D eigenvalue weighted by Gasteiger charge is 2.35. The van der Waals surface area contributed by atoms with Crippen LogP contribution in [0.1, 0.15) is 11.1 Å². The maximum atomic E-state index is 10.5. The van der Waals surface area contributed by atoms with Crippen LogP contribution >= 0.6 is 0 Å². The first-order valence-electron chi connectivity index (χ1n) is 8.59. The molecular formula is C20H26N2O2. The third-order valence-corrected chi connectivity index (χ3v) is 4.67. The molecule has 1 heterocycles. The van der Waals surface area contributed by atoms with Crippen molar-refractivity contribution in [1.82, 2.24) is 9.80 Å². The SMILES string of the molecule is OCCN(Cc1ccccc1)C1CN(Cc2ccccc2)CC1O. The summed E-state index contributed by atoms with van der Waals surface area (Å²) in [6.45, 7) is 3.79. The predicted octanol–water partition coefficient (Wildman–Crippen LogP) is 1.73. The van der Waals surface area contributed by atoms with Gasteiger partial charge in [-0.2, -0.15) is 0 Å². The van der Waals surface area contributed by atoms with Gasteiger partial charge in [-0.25, -0.2) is 0 Å². The molecule has 0 spiro atoms. The molecule has 2 aromatic rings. The van der Waals surface area contributed by atoms with E-state index in [0.717, 1.165) is 19.6 Å². The summed E-state index contributed by atoms with van der Waals surface area (Å²) < 4.78 is 0. The Balaban J connectivity index is 1.64. The van der Waals surface area contributed by atoms with Crippen molar-refractivity contribution in [2.75, 3.05) is 26.2 Å². The molecule has 24 heavy (non-hydrogen) atoms. The molecule has 1 saturated heterocycles. The van der Waals surface area contributed by atoms with Crippen molar-refractivity contribution in [3.8, 4) is 0 Å². The van der Waals surface area contributed by atoms with Gasteiger partial charge in [0.15, 0.2) is 0 Å². The molecule has 2 N–H and O–H groups in total. The Hall–Kier alpha value is -1.72. The normalized spacial score (nSPS) is 21.5. The third-order valence-electron chi connectivity index (χ3n) is 4.67. The third kappa shape index (κ3) is 4.42. The van der Waals surface area contributed by atoms with E-state index in [0.29, 0.717) is 13.1 Å². The van der Waals surface area contributed by atoms with Crippen LogP contribution in [0.5, 0.6) is 0 Å². The van der Waals surface area contributed by atoms with Crippen LogP contribution in [0, 0.1) is 0 Å². The smallest absolute Gasteiger partial charge is 0.0834 e. The molecule has 128 valence electrons. The molecule has 0 saturated carbocycles. The van der Waals surface area contributed by atoms with Gasteiger partial charge in [0, 0.05) is 38.8 Å². The van der Waals surface area contributed by atoms with Crippen molar-refractivity contribution < 1.29 is 10.2 Å². The molecule has 0 aromatic heterocycles. The molecule has 2 unspecified atom stereocenters. The van der Waals surface area contributed by atoms with Gasteiger partial charge in [0.05, 0.1) is 12.7 Å². The van der Waals surface area contributed by atoms with E-state index < -0.39 is 0 Å². The molecule has 0 bridgehead atoms. The minimum atomic E-state index is -0.385. The van der Waals surface area contributed by atoms with Crippen LogP contribution in [0.15, 0.2) is 60.7 Å². The Morgan fingerprint density at radius 2 is 1.54 bits per heavy atom. The van der Waals surface area contributed by atoms with E-state index in [-0.39, 0.29) is 18.8 Å². The van der Waals surface area contributed by atoms with Gasteiger partial charge >= 0.3 is 0 Å². The molecule has 4 nitrogen and oxygen atoms in total. The lowest BCUT2D eigenvalue weighted by Crippen LogP contribution is -2.44. The molecule has 3 rings (SSSR count). The van der Waals surface area contributed by atoms with E-state index in [2.05, 4.69) is 34.1 Å². The first-order chi connectivity index (χ1) is 11.8. The zero-order valence-corrected chi connectivity index (χ0v) is 14.0. The number of aliphatic hydroxyl groups is 2. The largest absolute Gasteiger partial charge is 0.395 e. The van der Waals surface area contributed by atoms with Crippen LogP contribution in [0.25, 0.3) is 0 Å². The van der Waals surface area contributed by atoms with E-state index in [1.165, 1.54) is 11.1 Å². The monoisotopic (exact) mass is 326 g/mol. The van der Waals surface area contributed by atoms with Crippen molar-refractivity contribution in [1.29, 1.82) is 0 Å². The van der Waals surface area contributed by atoms with Crippen molar-refractivity contribution in [2.45, 2.75) is 25.2 Å². The predicted molar refractivity (Wildman–Crippen MR) is 95.5 cm³/mol. The van der Waals surface area contributed by atoms with Gasteiger partial charge < -0.3 is 10.2 Å². The van der Waals surface area contributed by atoms with Crippen molar-refractivity contribution in [3.05, 3.63) is 71.8 Å². The van der Waals surface area contributed by atoms with Crippen LogP contribution in [-0.2, 0) is 13.1 Å². The minimum absolute atomic E-state index is 0.0565. The zero-order chi connectivity index (χ0) is 16.8. The van der Waals surface area contributed by atoms with E-state index in [4.69, 9.17) is 0 Å². The average Bonchev–Trinajstić information content (AvgIpc) is 2.96. The molecule has 0 aliphatic carbocycles. The second kappa shape index (κ2) is 8.40. The maximum absolute atomic E-state index is 10.5. The van der Waals surface area contributed by atoms with Gasteiger partial charge in [-0.15, -0.1) is 0 Å². The summed E-state index contributed by atoms with van der Waals surface area (Å²) in [6.07, 6.45) is -0.385. The lowest BCUT2D eigenvalue weighted by Gasteiger charge is -2.30. The van der Waals surface area contributed by atoms with E-state index in [9.17, 15) is 10.2 Å². The average molecular weight is 326 g/mol. The highest BCUT2D eigenvalue weighted by molar-refractivity contribution is 5.16. The Morgan fingerprint density at radius 1 is 0.917 bits per heavy atom.